The lowest BCUT2D eigenvalue weighted by Crippen LogP contribution is -2.60. The van der Waals surface area contributed by atoms with Crippen molar-refractivity contribution in [2.24, 2.45) is 5.41 Å². The van der Waals surface area contributed by atoms with Gasteiger partial charge in [-0.3, -0.25) is 9.59 Å². The number of benzene rings is 2. The van der Waals surface area contributed by atoms with Crippen LogP contribution in [0.4, 0.5) is 0 Å². The summed E-state index contributed by atoms with van der Waals surface area (Å²) in [4.78, 5) is 30.3. The third-order valence-corrected chi connectivity index (χ3v) is 10.3. The first-order valence-electron chi connectivity index (χ1n) is 11.9. The Hall–Kier alpha value is -3.25. The van der Waals surface area contributed by atoms with E-state index >= 15 is 0 Å². The molecule has 3 aliphatic carbocycles. The average Bonchev–Trinajstić information content (AvgIpc) is 3.56. The van der Waals surface area contributed by atoms with Crippen molar-refractivity contribution in [3.8, 4) is 5.75 Å². The number of carboxylic acid groups (broad SMARTS) is 1. The fourth-order valence-corrected chi connectivity index (χ4v) is 9.24. The van der Waals surface area contributed by atoms with E-state index in [0.29, 0.717) is 23.3 Å². The summed E-state index contributed by atoms with van der Waals surface area (Å²) in [5, 5.41) is 10.1. The number of ether oxygens (including phenoxy) is 1. The molecule has 178 valence electrons. The van der Waals surface area contributed by atoms with Crippen LogP contribution in [0.5, 0.6) is 5.75 Å². The van der Waals surface area contributed by atoms with Gasteiger partial charge >= 0.3 is 5.97 Å². The minimum atomic E-state index is -1.02. The lowest BCUT2D eigenvalue weighted by Gasteiger charge is -2.58. The third kappa shape index (κ3) is 2.83. The lowest BCUT2D eigenvalue weighted by molar-refractivity contribution is -0.154. The summed E-state index contributed by atoms with van der Waals surface area (Å²) in [5.41, 5.74) is 2.96. The average molecular weight is 486 g/mol. The van der Waals surface area contributed by atoms with E-state index in [1.807, 2.05) is 54.9 Å². The summed E-state index contributed by atoms with van der Waals surface area (Å²) < 4.78 is 5.46. The largest absolute Gasteiger partial charge is 0.496 e. The minimum absolute atomic E-state index is 0.108. The first-order valence-corrected chi connectivity index (χ1v) is 12.9. The smallest absolute Gasteiger partial charge is 0.311 e. The summed E-state index contributed by atoms with van der Waals surface area (Å²) in [6, 6.07) is 17.6. The number of fused-ring (bicyclic) bond motifs is 1. The van der Waals surface area contributed by atoms with Crippen molar-refractivity contribution in [3.63, 3.8) is 0 Å². The van der Waals surface area contributed by atoms with Crippen molar-refractivity contribution in [2.45, 2.75) is 41.1 Å². The van der Waals surface area contributed by atoms with Gasteiger partial charge in [-0.05, 0) is 42.0 Å². The molecule has 2 aromatic carbocycles. The maximum Gasteiger partial charge on any atom is 0.311 e. The summed E-state index contributed by atoms with van der Waals surface area (Å²) in [7, 11) is 1.57. The molecule has 2 bridgehead atoms. The minimum Gasteiger partial charge on any atom is -0.496 e. The number of aromatic amines is 1. The number of ketones is 1. The van der Waals surface area contributed by atoms with Crippen LogP contribution >= 0.6 is 11.8 Å². The predicted octanol–water partition coefficient (Wildman–Crippen LogP) is 5.43. The zero-order chi connectivity index (χ0) is 24.4. The van der Waals surface area contributed by atoms with Gasteiger partial charge in [0.2, 0.25) is 0 Å². The van der Waals surface area contributed by atoms with Crippen LogP contribution in [-0.2, 0) is 15.0 Å². The van der Waals surface area contributed by atoms with Crippen LogP contribution in [0.25, 0.3) is 5.57 Å². The SMILES string of the molecule is C=C(C(=O)C1CC2(C(=O)O)C3CCC(c4ccccc4)(c4c[nH]cc43)C2S1)c1ccccc1OC. The van der Waals surface area contributed by atoms with Crippen LogP contribution in [-0.4, -0.2) is 39.5 Å². The zero-order valence-corrected chi connectivity index (χ0v) is 20.3. The molecule has 1 saturated carbocycles. The van der Waals surface area contributed by atoms with Crippen molar-refractivity contribution in [1.82, 2.24) is 4.98 Å². The number of allylic oxidation sites excluding steroid dienone is 1. The van der Waals surface area contributed by atoms with Gasteiger partial charge in [-0.1, -0.05) is 55.1 Å². The van der Waals surface area contributed by atoms with Gasteiger partial charge < -0.3 is 14.8 Å². The molecule has 2 fully saturated rings. The Bertz CT molecular complexity index is 1350. The van der Waals surface area contributed by atoms with Gasteiger partial charge in [-0.15, -0.1) is 11.8 Å². The highest BCUT2D eigenvalue weighted by Gasteiger charge is 2.72. The molecule has 7 rings (SSSR count). The first-order chi connectivity index (χ1) is 16.9. The van der Waals surface area contributed by atoms with Gasteiger partial charge in [0, 0.05) is 40.1 Å². The molecule has 1 aromatic heterocycles. The fraction of sp³-hybridized carbons (Fsp3) is 0.310. The van der Waals surface area contributed by atoms with E-state index in [9.17, 15) is 14.7 Å². The highest BCUT2D eigenvalue weighted by Crippen LogP contribution is 2.72. The number of H-pyrrole nitrogens is 1. The van der Waals surface area contributed by atoms with Gasteiger partial charge in [-0.25, -0.2) is 0 Å². The molecule has 5 atom stereocenters. The number of aliphatic carboxylic acids is 1. The number of Topliss-reactive ketones (excluding diaryl/α,β-unsaturated/α-hetero) is 1. The number of aromatic nitrogens is 1. The fourth-order valence-electron chi connectivity index (χ4n) is 7.06. The highest BCUT2D eigenvalue weighted by atomic mass is 32.2. The molecule has 1 saturated heterocycles. The van der Waals surface area contributed by atoms with Crippen molar-refractivity contribution in [2.75, 3.05) is 7.11 Å². The van der Waals surface area contributed by atoms with E-state index in [2.05, 4.69) is 23.7 Å². The number of carboxylic acids is 1. The van der Waals surface area contributed by atoms with Crippen LogP contribution in [0.1, 0.15) is 47.4 Å². The number of para-hydroxylation sites is 1. The second-order valence-electron chi connectivity index (χ2n) is 9.85. The molecule has 5 unspecified atom stereocenters. The Kier molecular flexibility index (Phi) is 5.01. The van der Waals surface area contributed by atoms with Crippen LogP contribution in [0.15, 0.2) is 73.6 Å². The number of hydrogen-bond acceptors (Lipinski definition) is 4. The second kappa shape index (κ2) is 7.89. The van der Waals surface area contributed by atoms with E-state index in [4.69, 9.17) is 4.74 Å². The van der Waals surface area contributed by atoms with E-state index < -0.39 is 22.0 Å². The van der Waals surface area contributed by atoms with Crippen molar-refractivity contribution >= 4 is 29.1 Å². The summed E-state index contributed by atoms with van der Waals surface area (Å²) in [5.74, 6) is -0.439. The highest BCUT2D eigenvalue weighted by molar-refractivity contribution is 8.01. The standard InChI is InChI=1S/C29H27NO4S/c1-17(19-10-6-7-11-23(19)34-2)25(31)24-14-29(27(32)33)21-12-13-28(26(29)35-24,18-8-4-3-5-9-18)22-16-30-15-20(21)22/h3-11,15-16,21,24,26,30H,1,12-14H2,2H3,(H,32,33). The monoisotopic (exact) mass is 485 g/mol. The van der Waals surface area contributed by atoms with Gasteiger partial charge in [-0.2, -0.15) is 0 Å². The van der Waals surface area contributed by atoms with Crippen LogP contribution in [0.3, 0.4) is 0 Å². The Morgan fingerprint density at radius 1 is 1.11 bits per heavy atom. The van der Waals surface area contributed by atoms with Crippen LogP contribution in [0.2, 0.25) is 0 Å². The summed E-state index contributed by atoms with van der Waals surface area (Å²) in [6.45, 7) is 4.13. The zero-order valence-electron chi connectivity index (χ0n) is 19.5. The third-order valence-electron chi connectivity index (χ3n) is 8.53. The van der Waals surface area contributed by atoms with Crippen LogP contribution in [0, 0.1) is 5.41 Å². The topological polar surface area (TPSA) is 79.4 Å². The maximum atomic E-state index is 13.8. The van der Waals surface area contributed by atoms with Gasteiger partial charge in [0.05, 0.1) is 17.8 Å². The Balaban J connectivity index is 1.47. The number of carbonyl (C=O) groups excluding carboxylic acids is 1. The number of thioether (sulfide) groups is 1. The number of nitrogens with one attached hydrogen (secondary N) is 1. The molecule has 4 aliphatic rings. The Labute approximate surface area is 208 Å². The molecular formula is C29H27NO4S. The molecule has 2 N–H and O–H groups in total. The number of rotatable bonds is 6. The summed E-state index contributed by atoms with van der Waals surface area (Å²) >= 11 is 1.54. The molecule has 5 nitrogen and oxygen atoms in total. The normalized spacial score (nSPS) is 30.4. The second-order valence-corrected chi connectivity index (χ2v) is 11.2. The first kappa shape index (κ1) is 22.2. The van der Waals surface area contributed by atoms with Gasteiger partial charge in [0.1, 0.15) is 5.75 Å². The molecule has 0 amide bonds. The van der Waals surface area contributed by atoms with Crippen LogP contribution < -0.4 is 4.74 Å². The van der Waals surface area contributed by atoms with Crippen molar-refractivity contribution in [1.29, 1.82) is 0 Å². The predicted molar refractivity (Wildman–Crippen MR) is 137 cm³/mol. The Morgan fingerprint density at radius 2 is 1.86 bits per heavy atom. The molecule has 3 aromatic rings. The maximum absolute atomic E-state index is 13.8. The Morgan fingerprint density at radius 3 is 2.60 bits per heavy atom. The van der Waals surface area contributed by atoms with Crippen molar-refractivity contribution in [3.05, 3.63) is 95.8 Å². The molecule has 0 radical (unpaired) electrons. The van der Waals surface area contributed by atoms with E-state index in [1.54, 1.807) is 18.9 Å². The molecule has 35 heavy (non-hydrogen) atoms. The molecule has 0 spiro atoms. The molecular weight excluding hydrogens is 458 g/mol. The number of carbonyl (C=O) groups is 2. The molecule has 1 aliphatic heterocycles. The van der Waals surface area contributed by atoms with E-state index in [1.165, 1.54) is 5.56 Å². The molecule has 2 heterocycles. The van der Waals surface area contributed by atoms with Gasteiger partial charge in [0.15, 0.2) is 5.78 Å². The van der Waals surface area contributed by atoms with E-state index in [0.717, 1.165) is 24.0 Å². The quantitative estimate of drug-likeness (QED) is 0.455. The van der Waals surface area contributed by atoms with Crippen molar-refractivity contribution < 1.29 is 19.4 Å². The van der Waals surface area contributed by atoms with E-state index in [-0.39, 0.29) is 17.0 Å². The lowest BCUT2D eigenvalue weighted by atomic mass is 9.46. The number of methoxy groups -OCH3 is 1. The summed E-state index contributed by atoms with van der Waals surface area (Å²) in [6.07, 6.45) is 5.98. The molecule has 6 heteroatoms. The number of hydrogen-bond donors (Lipinski definition) is 2. The van der Waals surface area contributed by atoms with Gasteiger partial charge in [0.25, 0.3) is 0 Å².